The number of sulfonamides is 1. The lowest BCUT2D eigenvalue weighted by atomic mass is 9.89. The first-order chi connectivity index (χ1) is 12.2. The van der Waals surface area contributed by atoms with Crippen LogP contribution in [0, 0.1) is 0 Å². The van der Waals surface area contributed by atoms with E-state index in [4.69, 9.17) is 4.74 Å². The zero-order valence-corrected chi connectivity index (χ0v) is 15.8. The van der Waals surface area contributed by atoms with Crippen LogP contribution in [0.2, 0.25) is 0 Å². The minimum Gasteiger partial charge on any atom is -0.487 e. The standard InChI is InChI=1S/C19H22N2O4S/c1-19(2)12-16(15-9-4-5-10-17(15)25-19)21-18(22)13-7-6-8-14(11-13)26(23,24)20-3/h4-11,16,20H,12H2,1-3H3,(H,21,22). The molecule has 0 radical (unpaired) electrons. The second-order valence-corrected chi connectivity index (χ2v) is 8.75. The zero-order valence-electron chi connectivity index (χ0n) is 14.9. The predicted molar refractivity (Wildman–Crippen MR) is 98.7 cm³/mol. The van der Waals surface area contributed by atoms with Gasteiger partial charge in [0.05, 0.1) is 10.9 Å². The first kappa shape index (κ1) is 18.4. The number of ether oxygens (including phenoxy) is 1. The van der Waals surface area contributed by atoms with Crippen molar-refractivity contribution >= 4 is 15.9 Å². The van der Waals surface area contributed by atoms with Crippen molar-refractivity contribution < 1.29 is 17.9 Å². The molecular formula is C19H22N2O4S. The Morgan fingerprint density at radius 3 is 2.62 bits per heavy atom. The lowest BCUT2D eigenvalue weighted by Crippen LogP contribution is -2.41. The van der Waals surface area contributed by atoms with Gasteiger partial charge in [-0.15, -0.1) is 0 Å². The van der Waals surface area contributed by atoms with Gasteiger partial charge in [0, 0.05) is 17.5 Å². The number of nitrogens with one attached hydrogen (secondary N) is 2. The lowest BCUT2D eigenvalue weighted by Gasteiger charge is -2.37. The van der Waals surface area contributed by atoms with Gasteiger partial charge in [-0.2, -0.15) is 0 Å². The van der Waals surface area contributed by atoms with Gasteiger partial charge < -0.3 is 10.1 Å². The number of benzene rings is 2. The Kier molecular flexibility index (Phi) is 4.77. The molecule has 0 spiro atoms. The number of amides is 1. The second kappa shape index (κ2) is 6.74. The van der Waals surface area contributed by atoms with Gasteiger partial charge in [0.25, 0.3) is 5.91 Å². The molecule has 1 aliphatic heterocycles. The molecule has 0 saturated carbocycles. The van der Waals surface area contributed by atoms with Gasteiger partial charge in [0.1, 0.15) is 11.4 Å². The summed E-state index contributed by atoms with van der Waals surface area (Å²) in [5, 5.41) is 3.01. The highest BCUT2D eigenvalue weighted by molar-refractivity contribution is 7.89. The van der Waals surface area contributed by atoms with Crippen LogP contribution >= 0.6 is 0 Å². The first-order valence-corrected chi connectivity index (χ1v) is 9.82. The van der Waals surface area contributed by atoms with E-state index in [1.54, 1.807) is 12.1 Å². The molecule has 0 fully saturated rings. The van der Waals surface area contributed by atoms with Crippen LogP contribution in [-0.4, -0.2) is 27.0 Å². The van der Waals surface area contributed by atoms with E-state index in [0.717, 1.165) is 11.3 Å². The summed E-state index contributed by atoms with van der Waals surface area (Å²) in [6.07, 6.45) is 0.615. The van der Waals surface area contributed by atoms with Crippen molar-refractivity contribution in [1.82, 2.24) is 10.0 Å². The van der Waals surface area contributed by atoms with Crippen molar-refractivity contribution in [2.75, 3.05) is 7.05 Å². The summed E-state index contributed by atoms with van der Waals surface area (Å²) in [5.74, 6) is 0.427. The third kappa shape index (κ3) is 3.73. The number of carbonyl (C=O) groups excluding carboxylic acids is 1. The third-order valence-electron chi connectivity index (χ3n) is 4.36. The number of rotatable bonds is 4. The summed E-state index contributed by atoms with van der Waals surface area (Å²) in [6.45, 7) is 3.95. The number of carbonyl (C=O) groups is 1. The fraction of sp³-hybridized carbons (Fsp3) is 0.316. The molecule has 1 heterocycles. The lowest BCUT2D eigenvalue weighted by molar-refractivity contribution is 0.0619. The average Bonchev–Trinajstić information content (AvgIpc) is 2.61. The van der Waals surface area contributed by atoms with Crippen LogP contribution in [0.25, 0.3) is 0 Å². The van der Waals surface area contributed by atoms with Gasteiger partial charge in [0.2, 0.25) is 10.0 Å². The molecule has 6 nitrogen and oxygen atoms in total. The molecule has 2 aromatic carbocycles. The van der Waals surface area contributed by atoms with Gasteiger partial charge in [-0.05, 0) is 45.2 Å². The minimum atomic E-state index is -3.60. The smallest absolute Gasteiger partial charge is 0.251 e. The highest BCUT2D eigenvalue weighted by Gasteiger charge is 2.34. The van der Waals surface area contributed by atoms with Crippen LogP contribution in [0.4, 0.5) is 0 Å². The zero-order chi connectivity index (χ0) is 18.9. The number of hydrogen-bond donors (Lipinski definition) is 2. The van der Waals surface area contributed by atoms with Gasteiger partial charge >= 0.3 is 0 Å². The Morgan fingerprint density at radius 2 is 1.88 bits per heavy atom. The normalized spacial score (nSPS) is 18.5. The first-order valence-electron chi connectivity index (χ1n) is 8.34. The van der Waals surface area contributed by atoms with Crippen LogP contribution in [0.3, 0.4) is 0 Å². The van der Waals surface area contributed by atoms with Gasteiger partial charge in [-0.3, -0.25) is 4.79 Å². The van der Waals surface area contributed by atoms with Gasteiger partial charge in [-0.1, -0.05) is 24.3 Å². The number of hydrogen-bond acceptors (Lipinski definition) is 4. The second-order valence-electron chi connectivity index (χ2n) is 6.87. The molecule has 1 amide bonds. The fourth-order valence-electron chi connectivity index (χ4n) is 3.09. The van der Waals surface area contributed by atoms with Crippen LogP contribution in [-0.2, 0) is 10.0 Å². The van der Waals surface area contributed by atoms with E-state index in [-0.39, 0.29) is 16.8 Å². The van der Waals surface area contributed by atoms with Crippen molar-refractivity contribution in [1.29, 1.82) is 0 Å². The monoisotopic (exact) mass is 374 g/mol. The molecule has 0 saturated heterocycles. The molecule has 26 heavy (non-hydrogen) atoms. The number of fused-ring (bicyclic) bond motifs is 1. The molecule has 1 aliphatic rings. The number of para-hydroxylation sites is 1. The van der Waals surface area contributed by atoms with E-state index in [1.165, 1.54) is 19.2 Å². The molecule has 1 unspecified atom stereocenters. The molecule has 3 rings (SSSR count). The maximum atomic E-state index is 12.7. The molecule has 2 N–H and O–H groups in total. The average molecular weight is 374 g/mol. The summed E-state index contributed by atoms with van der Waals surface area (Å²) in [7, 11) is -2.27. The SMILES string of the molecule is CNS(=O)(=O)c1cccc(C(=O)NC2CC(C)(C)Oc3ccccc32)c1. The maximum Gasteiger partial charge on any atom is 0.251 e. The Labute approximate surface area is 153 Å². The summed E-state index contributed by atoms with van der Waals surface area (Å²) in [5.41, 5.74) is 0.797. The van der Waals surface area contributed by atoms with Crippen LogP contribution in [0.15, 0.2) is 53.4 Å². The fourth-order valence-corrected chi connectivity index (χ4v) is 3.87. The molecule has 0 aromatic heterocycles. The molecule has 7 heteroatoms. The summed E-state index contributed by atoms with van der Waals surface area (Å²) in [4.78, 5) is 12.8. The predicted octanol–water partition coefficient (Wildman–Crippen LogP) is 2.63. The highest BCUT2D eigenvalue weighted by Crippen LogP contribution is 2.39. The molecule has 138 valence electrons. The van der Waals surface area contributed by atoms with E-state index in [0.29, 0.717) is 12.0 Å². The summed E-state index contributed by atoms with van der Waals surface area (Å²) >= 11 is 0. The Balaban J connectivity index is 1.88. The molecule has 1 atom stereocenters. The summed E-state index contributed by atoms with van der Waals surface area (Å²) < 4.78 is 32.1. The van der Waals surface area contributed by atoms with Crippen LogP contribution in [0.5, 0.6) is 5.75 Å². The molecular weight excluding hydrogens is 352 g/mol. The van der Waals surface area contributed by atoms with Crippen molar-refractivity contribution in [2.45, 2.75) is 36.8 Å². The van der Waals surface area contributed by atoms with Gasteiger partial charge in [0.15, 0.2) is 0 Å². The van der Waals surface area contributed by atoms with Crippen molar-refractivity contribution in [2.24, 2.45) is 0 Å². The molecule has 2 aromatic rings. The van der Waals surface area contributed by atoms with E-state index >= 15 is 0 Å². The van der Waals surface area contributed by atoms with E-state index in [2.05, 4.69) is 10.0 Å². The van der Waals surface area contributed by atoms with Crippen LogP contribution < -0.4 is 14.8 Å². The largest absolute Gasteiger partial charge is 0.487 e. The van der Waals surface area contributed by atoms with Crippen LogP contribution in [0.1, 0.15) is 42.2 Å². The van der Waals surface area contributed by atoms with E-state index < -0.39 is 15.6 Å². The minimum absolute atomic E-state index is 0.0559. The molecule has 0 aliphatic carbocycles. The Bertz CT molecular complexity index is 938. The van der Waals surface area contributed by atoms with E-state index in [9.17, 15) is 13.2 Å². The van der Waals surface area contributed by atoms with Gasteiger partial charge in [-0.25, -0.2) is 13.1 Å². The summed E-state index contributed by atoms with van der Waals surface area (Å²) in [6, 6.07) is 13.4. The van der Waals surface area contributed by atoms with Crippen molar-refractivity contribution in [3.05, 3.63) is 59.7 Å². The quantitative estimate of drug-likeness (QED) is 0.862. The Morgan fingerprint density at radius 1 is 1.15 bits per heavy atom. The topological polar surface area (TPSA) is 84.5 Å². The maximum absolute atomic E-state index is 12.7. The van der Waals surface area contributed by atoms with E-state index in [1.807, 2.05) is 38.1 Å². The van der Waals surface area contributed by atoms with Crippen molar-refractivity contribution in [3.8, 4) is 5.75 Å². The Hall–Kier alpha value is -2.38. The molecule has 0 bridgehead atoms. The van der Waals surface area contributed by atoms with Crippen molar-refractivity contribution in [3.63, 3.8) is 0 Å². The highest BCUT2D eigenvalue weighted by atomic mass is 32.2. The third-order valence-corrected chi connectivity index (χ3v) is 5.77.